The zero-order valence-electron chi connectivity index (χ0n) is 12.1. The molecule has 5 nitrogen and oxygen atoms in total. The fourth-order valence-electron chi connectivity index (χ4n) is 2.48. The van der Waals surface area contributed by atoms with Gasteiger partial charge in [0.05, 0.1) is 24.0 Å². The van der Waals surface area contributed by atoms with E-state index in [1.165, 1.54) is 0 Å². The number of fused-ring (bicyclic) bond motifs is 1. The molecule has 1 aromatic carbocycles. The number of alkyl halides is 1. The first-order chi connectivity index (χ1) is 10.2. The number of nitrogens with zero attached hydrogens (tertiary/aromatic N) is 4. The van der Waals surface area contributed by atoms with Gasteiger partial charge in [-0.1, -0.05) is 0 Å². The highest BCUT2D eigenvalue weighted by Gasteiger charge is 2.11. The van der Waals surface area contributed by atoms with Crippen molar-refractivity contribution in [3.63, 3.8) is 0 Å². The summed E-state index contributed by atoms with van der Waals surface area (Å²) in [5.41, 5.74) is 1.98. The largest absolute Gasteiger partial charge is 0.497 e. The van der Waals surface area contributed by atoms with Gasteiger partial charge in [0, 0.05) is 38.5 Å². The van der Waals surface area contributed by atoms with Crippen molar-refractivity contribution in [3.8, 4) is 5.75 Å². The van der Waals surface area contributed by atoms with Crippen molar-refractivity contribution in [3.05, 3.63) is 42.2 Å². The SMILES string of the molecule is COc1ccc2nc(CCl)n(CCc3nccn3C)c2c1. The Bertz CT molecular complexity index is 762. The van der Waals surface area contributed by atoms with Crippen LogP contribution in [0.4, 0.5) is 0 Å². The van der Waals surface area contributed by atoms with Crippen LogP contribution in [0.3, 0.4) is 0 Å². The van der Waals surface area contributed by atoms with Crippen molar-refractivity contribution in [1.82, 2.24) is 19.1 Å². The Hall–Kier alpha value is -2.01. The first kappa shape index (κ1) is 13.9. The minimum atomic E-state index is 0.386. The van der Waals surface area contributed by atoms with Gasteiger partial charge < -0.3 is 13.9 Å². The van der Waals surface area contributed by atoms with Crippen LogP contribution >= 0.6 is 11.6 Å². The monoisotopic (exact) mass is 304 g/mol. The molecule has 0 radical (unpaired) electrons. The Morgan fingerprint density at radius 2 is 2.14 bits per heavy atom. The third kappa shape index (κ3) is 2.61. The van der Waals surface area contributed by atoms with Gasteiger partial charge in [-0.3, -0.25) is 0 Å². The van der Waals surface area contributed by atoms with Crippen molar-refractivity contribution in [1.29, 1.82) is 0 Å². The van der Waals surface area contributed by atoms with Crippen LogP contribution in [-0.4, -0.2) is 26.2 Å². The van der Waals surface area contributed by atoms with E-state index in [-0.39, 0.29) is 0 Å². The summed E-state index contributed by atoms with van der Waals surface area (Å²) in [7, 11) is 3.66. The molecule has 0 atom stereocenters. The number of imidazole rings is 2. The summed E-state index contributed by atoms with van der Waals surface area (Å²) in [5.74, 6) is 3.12. The second-order valence-corrected chi connectivity index (χ2v) is 5.14. The van der Waals surface area contributed by atoms with Crippen molar-refractivity contribution < 1.29 is 4.74 Å². The number of halogens is 1. The summed E-state index contributed by atoms with van der Waals surface area (Å²) < 4.78 is 9.47. The molecule has 0 bridgehead atoms. The molecule has 0 saturated carbocycles. The second kappa shape index (κ2) is 5.77. The maximum atomic E-state index is 6.03. The molecule has 2 heterocycles. The zero-order chi connectivity index (χ0) is 14.8. The number of benzene rings is 1. The van der Waals surface area contributed by atoms with Crippen LogP contribution in [0.2, 0.25) is 0 Å². The van der Waals surface area contributed by atoms with E-state index < -0.39 is 0 Å². The molecule has 110 valence electrons. The predicted molar refractivity (Wildman–Crippen MR) is 82.8 cm³/mol. The van der Waals surface area contributed by atoms with Crippen molar-refractivity contribution in [2.45, 2.75) is 18.8 Å². The molecular weight excluding hydrogens is 288 g/mol. The van der Waals surface area contributed by atoms with Gasteiger partial charge in [-0.2, -0.15) is 0 Å². The summed E-state index contributed by atoms with van der Waals surface area (Å²) >= 11 is 6.03. The number of aryl methyl sites for hydroxylation is 3. The van der Waals surface area contributed by atoms with Gasteiger partial charge >= 0.3 is 0 Å². The second-order valence-electron chi connectivity index (χ2n) is 4.87. The highest BCUT2D eigenvalue weighted by molar-refractivity contribution is 6.16. The first-order valence-electron chi connectivity index (χ1n) is 6.78. The molecule has 0 spiro atoms. The fraction of sp³-hybridized carbons (Fsp3) is 0.333. The molecule has 0 aliphatic carbocycles. The van der Waals surface area contributed by atoms with Gasteiger partial charge in [0.1, 0.15) is 17.4 Å². The Kier molecular flexibility index (Phi) is 3.84. The Morgan fingerprint density at radius 1 is 1.29 bits per heavy atom. The van der Waals surface area contributed by atoms with Gasteiger partial charge in [-0.05, 0) is 12.1 Å². The van der Waals surface area contributed by atoms with Gasteiger partial charge in [0.2, 0.25) is 0 Å². The molecule has 0 aliphatic heterocycles. The predicted octanol–water partition coefficient (Wildman–Crippen LogP) is 2.76. The van der Waals surface area contributed by atoms with Gasteiger partial charge in [-0.25, -0.2) is 9.97 Å². The standard InChI is InChI=1S/C15H17ClN4O/c1-19-8-6-17-14(19)5-7-20-13-9-11(21-2)3-4-12(13)18-15(20)10-16/h3-4,6,8-9H,5,7,10H2,1-2H3. The Morgan fingerprint density at radius 3 is 2.81 bits per heavy atom. The van der Waals surface area contributed by atoms with Gasteiger partial charge in [0.15, 0.2) is 0 Å². The van der Waals surface area contributed by atoms with Crippen LogP contribution in [0.15, 0.2) is 30.6 Å². The van der Waals surface area contributed by atoms with Crippen LogP contribution in [0.1, 0.15) is 11.6 Å². The van der Waals surface area contributed by atoms with E-state index in [1.807, 2.05) is 42.2 Å². The molecule has 0 fully saturated rings. The van der Waals surface area contributed by atoms with E-state index in [0.29, 0.717) is 5.88 Å². The molecule has 21 heavy (non-hydrogen) atoms. The topological polar surface area (TPSA) is 44.9 Å². The molecular formula is C15H17ClN4O. The molecule has 3 rings (SSSR count). The lowest BCUT2D eigenvalue weighted by atomic mass is 10.3. The van der Waals surface area contributed by atoms with Gasteiger partial charge in [0.25, 0.3) is 0 Å². The van der Waals surface area contributed by atoms with E-state index in [1.54, 1.807) is 7.11 Å². The molecule has 0 amide bonds. The Balaban J connectivity index is 1.97. The zero-order valence-corrected chi connectivity index (χ0v) is 12.8. The fourth-order valence-corrected chi connectivity index (χ4v) is 2.68. The quantitative estimate of drug-likeness (QED) is 0.681. The summed E-state index contributed by atoms with van der Waals surface area (Å²) in [4.78, 5) is 8.93. The molecule has 0 aliphatic rings. The van der Waals surface area contributed by atoms with Crippen LogP contribution in [0, 0.1) is 0 Å². The Labute approximate surface area is 128 Å². The van der Waals surface area contributed by atoms with E-state index in [0.717, 1.165) is 41.4 Å². The van der Waals surface area contributed by atoms with Crippen molar-refractivity contribution in [2.75, 3.05) is 7.11 Å². The minimum absolute atomic E-state index is 0.386. The summed E-state index contributed by atoms with van der Waals surface area (Å²) in [6.45, 7) is 0.788. The first-order valence-corrected chi connectivity index (χ1v) is 7.31. The third-order valence-corrected chi connectivity index (χ3v) is 3.87. The lowest BCUT2D eigenvalue weighted by Crippen LogP contribution is -2.08. The van der Waals surface area contributed by atoms with Crippen LogP contribution in [-0.2, 0) is 25.9 Å². The van der Waals surface area contributed by atoms with Gasteiger partial charge in [-0.15, -0.1) is 11.6 Å². The smallest absolute Gasteiger partial charge is 0.124 e. The van der Waals surface area contributed by atoms with E-state index in [9.17, 15) is 0 Å². The molecule has 0 N–H and O–H groups in total. The number of rotatable bonds is 5. The maximum absolute atomic E-state index is 6.03. The number of aromatic nitrogens is 4. The number of hydrogen-bond donors (Lipinski definition) is 0. The van der Waals surface area contributed by atoms with Crippen LogP contribution in [0.25, 0.3) is 11.0 Å². The van der Waals surface area contributed by atoms with Crippen molar-refractivity contribution in [2.24, 2.45) is 7.05 Å². The summed E-state index contributed by atoms with van der Waals surface area (Å²) in [6.07, 6.45) is 4.59. The average Bonchev–Trinajstić information content (AvgIpc) is 3.07. The lowest BCUT2D eigenvalue weighted by Gasteiger charge is -2.08. The van der Waals surface area contributed by atoms with Crippen LogP contribution < -0.4 is 4.74 Å². The van der Waals surface area contributed by atoms with E-state index in [4.69, 9.17) is 16.3 Å². The average molecular weight is 305 g/mol. The maximum Gasteiger partial charge on any atom is 0.124 e. The molecule has 2 aromatic heterocycles. The molecule has 6 heteroatoms. The lowest BCUT2D eigenvalue weighted by molar-refractivity contribution is 0.415. The normalized spacial score (nSPS) is 11.2. The highest BCUT2D eigenvalue weighted by atomic mass is 35.5. The summed E-state index contributed by atoms with van der Waals surface area (Å²) in [6, 6.07) is 5.87. The minimum Gasteiger partial charge on any atom is -0.497 e. The molecule has 3 aromatic rings. The van der Waals surface area contributed by atoms with E-state index in [2.05, 4.69) is 14.5 Å². The molecule has 0 saturated heterocycles. The number of ether oxygens (including phenoxy) is 1. The van der Waals surface area contributed by atoms with Crippen molar-refractivity contribution >= 4 is 22.6 Å². The number of methoxy groups -OCH3 is 1. The number of hydrogen-bond acceptors (Lipinski definition) is 3. The van der Waals surface area contributed by atoms with Crippen LogP contribution in [0.5, 0.6) is 5.75 Å². The summed E-state index contributed by atoms with van der Waals surface area (Å²) in [5, 5.41) is 0. The third-order valence-electron chi connectivity index (χ3n) is 3.63. The van der Waals surface area contributed by atoms with E-state index >= 15 is 0 Å². The molecule has 0 unspecified atom stereocenters. The highest BCUT2D eigenvalue weighted by Crippen LogP contribution is 2.23.